The van der Waals surface area contributed by atoms with Gasteiger partial charge in [-0.3, -0.25) is 0 Å². The van der Waals surface area contributed by atoms with Crippen LogP contribution in [0.1, 0.15) is 40.0 Å². The highest BCUT2D eigenvalue weighted by molar-refractivity contribution is 5.86. The van der Waals surface area contributed by atoms with Crippen molar-refractivity contribution in [1.29, 1.82) is 0 Å². The highest BCUT2D eigenvalue weighted by Gasteiger charge is 2.39. The van der Waals surface area contributed by atoms with Crippen LogP contribution in [0.25, 0.3) is 0 Å². The Hall–Kier alpha value is -12.7. The summed E-state index contributed by atoms with van der Waals surface area (Å²) in [5, 5.41) is 0. The molecular weight excluding hydrogens is 1440 g/mol. The Bertz CT molecular complexity index is 3210. The molecule has 1 rings (SSSR count). The number of carbonyl (C=O) groups excluding carboxylic acids is 14. The van der Waals surface area contributed by atoms with E-state index in [0.29, 0.717) is 33.0 Å². The molecule has 0 aliphatic heterocycles. The zero-order valence-corrected chi connectivity index (χ0v) is 61.4. The van der Waals surface area contributed by atoms with Crippen LogP contribution in [0, 0.1) is 21.7 Å². The quantitative estimate of drug-likeness (QED) is 0.0511. The second-order valence-corrected chi connectivity index (χ2v) is 21.9. The first-order chi connectivity index (χ1) is 51.6. The molecule has 0 saturated heterocycles. The number of hydrogen-bond acceptors (Lipinski definition) is 32. The largest absolute Gasteiger partial charge is 0.462 e. The first-order valence-corrected chi connectivity index (χ1v) is 32.3. The first-order valence-electron chi connectivity index (χ1n) is 32.3. The maximum atomic E-state index is 12.6. The third kappa shape index (κ3) is 42.2. The molecule has 0 unspecified atom stereocenters. The highest BCUT2D eigenvalue weighted by atomic mass is 16.6. The number of carbonyl (C=O) groups is 14. The van der Waals surface area contributed by atoms with Gasteiger partial charge in [0.2, 0.25) is 0 Å². The monoisotopic (exact) mass is 1540 g/mol. The van der Waals surface area contributed by atoms with Crippen LogP contribution in [0.5, 0.6) is 0 Å². The maximum Gasteiger partial charge on any atom is 0.336 e. The van der Waals surface area contributed by atoms with E-state index in [1.165, 1.54) is 0 Å². The minimum absolute atomic E-state index is 0.0326. The van der Waals surface area contributed by atoms with Crippen molar-refractivity contribution in [3.05, 3.63) is 209 Å². The van der Waals surface area contributed by atoms with Gasteiger partial charge >= 0.3 is 101 Å². The lowest BCUT2D eigenvalue weighted by Gasteiger charge is -2.35. The summed E-state index contributed by atoms with van der Waals surface area (Å²) < 4.78 is 77.7. The summed E-state index contributed by atoms with van der Waals surface area (Å²) in [5.74, 6) is -9.66. The number of esters is 14. The number of nitrogens with zero attached hydrogens (tertiary/aromatic N) is 3. The van der Waals surface area contributed by atoms with Crippen LogP contribution in [0.3, 0.4) is 0 Å². The maximum absolute atomic E-state index is 12.6. The molecule has 0 atom stereocenters. The van der Waals surface area contributed by atoms with Gasteiger partial charge in [0, 0.05) is 85.1 Å². The molecule has 35 nitrogen and oxygen atoms in total. The summed E-state index contributed by atoms with van der Waals surface area (Å²) in [5.41, 5.74) is -6.86. The van der Waals surface area contributed by atoms with Crippen LogP contribution in [0.4, 0.5) is 0 Å². The molecule has 1 heterocycles. The van der Waals surface area contributed by atoms with Crippen molar-refractivity contribution in [2.45, 2.75) is 59.7 Å². The van der Waals surface area contributed by atoms with Crippen LogP contribution < -0.4 is 17.1 Å². The molecule has 1 aromatic heterocycles. The molecule has 0 N–H and O–H groups in total. The highest BCUT2D eigenvalue weighted by Crippen LogP contribution is 2.30. The number of ether oxygens (including phenoxy) is 15. The summed E-state index contributed by atoms with van der Waals surface area (Å²) in [6.07, 6.45) is 14.9. The normalized spacial score (nSPS) is 10.3. The topological polar surface area (TPSA) is 443 Å². The van der Waals surface area contributed by atoms with Gasteiger partial charge in [0.15, 0.2) is 0 Å². The summed E-state index contributed by atoms with van der Waals surface area (Å²) in [6, 6.07) is 0. The predicted octanol–water partition coefficient (Wildman–Crippen LogP) is 3.53. The van der Waals surface area contributed by atoms with Gasteiger partial charge in [-0.2, -0.15) is 0 Å². The predicted molar refractivity (Wildman–Crippen MR) is 387 cm³/mol. The second kappa shape index (κ2) is 56.7. The molecule has 0 radical (unpaired) electrons. The fraction of sp³-hybridized carbons (Fsp3) is 0.392. The zero-order valence-electron chi connectivity index (χ0n) is 61.4. The Morgan fingerprint density at radius 2 is 0.358 bits per heavy atom. The van der Waals surface area contributed by atoms with E-state index >= 15 is 0 Å². The van der Waals surface area contributed by atoms with Crippen LogP contribution >= 0.6 is 0 Å². The molecular formula is C74H95N3O32. The van der Waals surface area contributed by atoms with Crippen molar-refractivity contribution < 1.29 is 138 Å². The average molecular weight is 1540 g/mol. The van der Waals surface area contributed by atoms with Crippen LogP contribution in [0.15, 0.2) is 192 Å². The summed E-state index contributed by atoms with van der Waals surface area (Å²) in [6.45, 7) is 47.3. The van der Waals surface area contributed by atoms with E-state index in [4.69, 9.17) is 71.1 Å². The van der Waals surface area contributed by atoms with Crippen LogP contribution in [-0.2, 0) is 158 Å². The Balaban J connectivity index is -0.00000139. The van der Waals surface area contributed by atoms with Crippen molar-refractivity contribution in [2.24, 2.45) is 21.7 Å². The van der Waals surface area contributed by atoms with Crippen molar-refractivity contribution in [3.8, 4) is 0 Å². The molecule has 0 aliphatic carbocycles. The van der Waals surface area contributed by atoms with Crippen molar-refractivity contribution in [3.63, 3.8) is 0 Å². The van der Waals surface area contributed by atoms with E-state index in [2.05, 4.69) is 92.1 Å². The van der Waals surface area contributed by atoms with Crippen LogP contribution in [0.2, 0.25) is 0 Å². The Morgan fingerprint density at radius 1 is 0.229 bits per heavy atom. The average Bonchev–Trinajstić information content (AvgIpc) is 0.784. The Labute approximate surface area is 628 Å². The zero-order chi connectivity index (χ0) is 83.6. The van der Waals surface area contributed by atoms with Crippen LogP contribution in [-0.4, -0.2) is 203 Å². The lowest BCUT2D eigenvalue weighted by atomic mass is 9.86. The molecule has 1 aromatic rings. The number of rotatable bonds is 52. The summed E-state index contributed by atoms with van der Waals surface area (Å²) >= 11 is 0. The second-order valence-electron chi connectivity index (χ2n) is 21.9. The molecule has 0 amide bonds. The number of aromatic nitrogens is 3. The Morgan fingerprint density at radius 3 is 0.495 bits per heavy atom. The van der Waals surface area contributed by atoms with Gasteiger partial charge in [0.25, 0.3) is 0 Å². The third-order valence-corrected chi connectivity index (χ3v) is 14.2. The fourth-order valence-corrected chi connectivity index (χ4v) is 7.29. The van der Waals surface area contributed by atoms with E-state index in [0.717, 1.165) is 85.1 Å². The first kappa shape index (κ1) is 100. The van der Waals surface area contributed by atoms with Crippen molar-refractivity contribution >= 4 is 83.6 Å². The molecule has 0 aliphatic rings. The number of hydrogen-bond donors (Lipinski definition) is 0. The van der Waals surface area contributed by atoms with E-state index < -0.39 is 122 Å². The van der Waals surface area contributed by atoms with Crippen molar-refractivity contribution in [2.75, 3.05) is 106 Å². The van der Waals surface area contributed by atoms with E-state index in [9.17, 15) is 81.5 Å². The van der Waals surface area contributed by atoms with Gasteiger partial charge in [0.1, 0.15) is 97.9 Å². The van der Waals surface area contributed by atoms with Gasteiger partial charge < -0.3 is 71.1 Å². The molecule has 109 heavy (non-hydrogen) atoms. The summed E-state index contributed by atoms with van der Waals surface area (Å²) in [7, 11) is 0. The fourth-order valence-electron chi connectivity index (χ4n) is 7.29. The molecule has 0 fully saturated rings. The van der Waals surface area contributed by atoms with Gasteiger partial charge in [-0.1, -0.05) is 113 Å². The van der Waals surface area contributed by atoms with Gasteiger partial charge in [0.05, 0.1) is 49.1 Å². The molecule has 35 heteroatoms. The lowest BCUT2D eigenvalue weighted by molar-refractivity contribution is -0.165. The van der Waals surface area contributed by atoms with Gasteiger partial charge in [-0.25, -0.2) is 95.2 Å². The minimum atomic E-state index is -1.34. The SMILES string of the molecule is C=CC(=O)OCC(CC)(COC(=O)C=C)COC(=O)C=C.C=CC(=O)OCC(CC)(COCC(CC)(COC(=O)C=C)COC(=O)C=C)COC(=O)C=C.C=CC(=O)OCC(COC(=O)C=C)(COC(=O)C=C)COC(=O)C=C.C=CC(=O)OCCn1c(=O)n(CCOC(=O)C=C)c(=O)n(CCOC(=O)C=C)c1=O. The van der Waals surface area contributed by atoms with Crippen molar-refractivity contribution in [1.82, 2.24) is 13.7 Å². The molecule has 0 aromatic carbocycles. The Kier molecular flexibility index (Phi) is 52.2. The molecule has 598 valence electrons. The van der Waals surface area contributed by atoms with E-state index in [1.807, 2.05) is 13.8 Å². The summed E-state index contributed by atoms with van der Waals surface area (Å²) in [4.78, 5) is 196. The molecule has 0 bridgehead atoms. The lowest BCUT2D eigenvalue weighted by Crippen LogP contribution is -2.55. The van der Waals surface area contributed by atoms with Gasteiger partial charge in [-0.05, 0) is 19.3 Å². The van der Waals surface area contributed by atoms with E-state index in [1.54, 1.807) is 6.92 Å². The molecule has 0 spiro atoms. The van der Waals surface area contributed by atoms with Gasteiger partial charge in [-0.15, -0.1) is 0 Å². The minimum Gasteiger partial charge on any atom is -0.462 e. The standard InChI is InChI=1S/C24H34O9.C18H21N3O9.C17H20O8.C15H20O6/c1-7-19(25)30-15-23(11-5,16-31-20(26)8-2)13-29-14-24(12-6,17-32-21(27)9-3)18-33-22(28)10-4;1-4-13(22)28-10-7-19-16(25)20(8-11-29-14(23)5-2)18(27)21(17(19)26)9-12-30-15(24)6-3;1-5-13(18)22-9-17(10-23-14(19)6-2,11-24-15(20)7-3)12-25-16(21)8-4;1-5-12(16)19-9-15(8-4,10-20-13(17)6-2)11-21-14(18)7-3/h7-10H,1-4,11-18H2,5-6H3;4-6H,1-3,7-12H2;5-8H,1-4,9-12H2;5-7H,1-3,8-11H2,4H3. The van der Waals surface area contributed by atoms with E-state index in [-0.39, 0.29) is 125 Å². The third-order valence-electron chi connectivity index (χ3n) is 14.2. The smallest absolute Gasteiger partial charge is 0.336 e. The molecule has 0 saturated carbocycles.